The van der Waals surface area contributed by atoms with Gasteiger partial charge in [-0.1, -0.05) is 11.6 Å². The van der Waals surface area contributed by atoms with Crippen molar-refractivity contribution >= 4 is 23.2 Å². The van der Waals surface area contributed by atoms with Gasteiger partial charge in [0.25, 0.3) is 11.5 Å². The Balaban J connectivity index is 2.16. The fraction of sp³-hybridized carbons (Fsp3) is 0.154. The highest BCUT2D eigenvalue weighted by Gasteiger charge is 2.12. The molecule has 0 aliphatic carbocycles. The summed E-state index contributed by atoms with van der Waals surface area (Å²) in [6.07, 6.45) is 0. The second kappa shape index (κ2) is 6.52. The molecule has 6 nitrogen and oxygen atoms in total. The molecule has 1 heterocycles. The molecule has 0 saturated heterocycles. The highest BCUT2D eigenvalue weighted by atomic mass is 35.5. The number of anilines is 1. The van der Waals surface area contributed by atoms with E-state index >= 15 is 0 Å². The van der Waals surface area contributed by atoms with Gasteiger partial charge in [-0.3, -0.25) is 9.59 Å². The molecule has 0 fully saturated rings. The lowest BCUT2D eigenvalue weighted by Gasteiger charge is -2.09. The molecule has 1 amide bonds. The van der Waals surface area contributed by atoms with Crippen LogP contribution in [0.1, 0.15) is 10.5 Å². The molecular weight excluding hydrogens is 320 g/mol. The second-order valence-electron chi connectivity index (χ2n) is 4.16. The van der Waals surface area contributed by atoms with Crippen LogP contribution in [-0.4, -0.2) is 22.3 Å². The van der Waals surface area contributed by atoms with Crippen molar-refractivity contribution in [3.63, 3.8) is 0 Å². The Kier molecular flexibility index (Phi) is 4.71. The Morgan fingerprint density at radius 2 is 2.09 bits per heavy atom. The summed E-state index contributed by atoms with van der Waals surface area (Å²) in [6.45, 7) is -2.99. The van der Waals surface area contributed by atoms with E-state index in [1.54, 1.807) is 0 Å². The number of ether oxygens (including phenoxy) is 1. The maximum absolute atomic E-state index is 12.1. The van der Waals surface area contributed by atoms with Crippen molar-refractivity contribution in [2.24, 2.45) is 7.05 Å². The minimum atomic E-state index is -2.99. The van der Waals surface area contributed by atoms with Gasteiger partial charge < -0.3 is 10.1 Å². The summed E-state index contributed by atoms with van der Waals surface area (Å²) >= 11 is 5.78. The Labute approximate surface area is 128 Å². The summed E-state index contributed by atoms with van der Waals surface area (Å²) in [4.78, 5) is 23.2. The molecule has 0 saturated carbocycles. The molecule has 0 unspecified atom stereocenters. The number of hydrogen-bond acceptors (Lipinski definition) is 4. The first kappa shape index (κ1) is 15.9. The van der Waals surface area contributed by atoms with Gasteiger partial charge in [-0.2, -0.15) is 13.9 Å². The van der Waals surface area contributed by atoms with E-state index in [4.69, 9.17) is 11.6 Å². The summed E-state index contributed by atoms with van der Waals surface area (Å²) in [5.41, 5.74) is -0.0634. The molecule has 0 aliphatic heterocycles. The van der Waals surface area contributed by atoms with E-state index in [1.165, 1.54) is 37.4 Å². The summed E-state index contributed by atoms with van der Waals surface area (Å²) < 4.78 is 29.4. The van der Waals surface area contributed by atoms with Crippen LogP contribution in [0.3, 0.4) is 0 Å². The molecule has 0 atom stereocenters. The van der Waals surface area contributed by atoms with Gasteiger partial charge in [0, 0.05) is 18.8 Å². The number of alkyl halides is 2. The first-order chi connectivity index (χ1) is 10.4. The molecule has 0 bridgehead atoms. The Morgan fingerprint density at radius 3 is 2.68 bits per heavy atom. The molecular formula is C13H10ClF2N3O3. The van der Waals surface area contributed by atoms with Gasteiger partial charge in [0.05, 0.1) is 5.02 Å². The fourth-order valence-electron chi connectivity index (χ4n) is 1.59. The Hall–Kier alpha value is -2.48. The van der Waals surface area contributed by atoms with Crippen molar-refractivity contribution in [1.82, 2.24) is 9.78 Å². The second-order valence-corrected chi connectivity index (χ2v) is 4.57. The largest absolute Gasteiger partial charge is 0.433 e. The van der Waals surface area contributed by atoms with E-state index in [0.717, 1.165) is 4.68 Å². The van der Waals surface area contributed by atoms with E-state index in [1.807, 2.05) is 0 Å². The minimum absolute atomic E-state index is 0.0196. The van der Waals surface area contributed by atoms with Crippen LogP contribution < -0.4 is 15.6 Å². The standard InChI is InChI=1S/C13H10ClF2N3O3/c1-19-11(20)5-3-9(18-19)12(21)17-7-2-4-10(8(14)6-7)22-13(15)16/h2-6,13H,1H3,(H,17,21). The number of benzene rings is 1. The number of nitrogens with one attached hydrogen (secondary N) is 1. The van der Waals surface area contributed by atoms with Crippen molar-refractivity contribution < 1.29 is 18.3 Å². The number of aromatic nitrogens is 2. The number of halogens is 3. The molecule has 1 aromatic carbocycles. The molecule has 1 N–H and O–H groups in total. The lowest BCUT2D eigenvalue weighted by atomic mass is 10.3. The van der Waals surface area contributed by atoms with Crippen molar-refractivity contribution in [3.8, 4) is 5.75 Å². The average Bonchev–Trinajstić information content (AvgIpc) is 2.44. The zero-order valence-corrected chi connectivity index (χ0v) is 12.0. The highest BCUT2D eigenvalue weighted by Crippen LogP contribution is 2.29. The Morgan fingerprint density at radius 1 is 1.36 bits per heavy atom. The summed E-state index contributed by atoms with van der Waals surface area (Å²) in [5, 5.41) is 6.19. The molecule has 22 heavy (non-hydrogen) atoms. The zero-order valence-electron chi connectivity index (χ0n) is 11.2. The van der Waals surface area contributed by atoms with E-state index in [-0.39, 0.29) is 27.7 Å². The lowest BCUT2D eigenvalue weighted by Crippen LogP contribution is -2.23. The van der Waals surface area contributed by atoms with Crippen LogP contribution in [0.25, 0.3) is 0 Å². The van der Waals surface area contributed by atoms with Crippen LogP contribution in [0.15, 0.2) is 35.1 Å². The lowest BCUT2D eigenvalue weighted by molar-refractivity contribution is -0.0497. The highest BCUT2D eigenvalue weighted by molar-refractivity contribution is 6.32. The van der Waals surface area contributed by atoms with Gasteiger partial charge in [0.1, 0.15) is 11.4 Å². The average molecular weight is 330 g/mol. The number of carbonyl (C=O) groups is 1. The monoisotopic (exact) mass is 329 g/mol. The van der Waals surface area contributed by atoms with Gasteiger partial charge >= 0.3 is 6.61 Å². The van der Waals surface area contributed by atoms with E-state index in [9.17, 15) is 18.4 Å². The molecule has 0 spiro atoms. The van der Waals surface area contributed by atoms with E-state index < -0.39 is 12.5 Å². The molecule has 9 heteroatoms. The van der Waals surface area contributed by atoms with Crippen LogP contribution in [0.2, 0.25) is 5.02 Å². The topological polar surface area (TPSA) is 73.2 Å². The van der Waals surface area contributed by atoms with Gasteiger partial charge in [0.15, 0.2) is 0 Å². The maximum atomic E-state index is 12.1. The molecule has 1 aromatic heterocycles. The first-order valence-electron chi connectivity index (χ1n) is 5.97. The zero-order chi connectivity index (χ0) is 16.3. The quantitative estimate of drug-likeness (QED) is 0.934. The minimum Gasteiger partial charge on any atom is -0.433 e. The number of nitrogens with zero attached hydrogens (tertiary/aromatic N) is 2. The van der Waals surface area contributed by atoms with E-state index in [0.29, 0.717) is 0 Å². The molecule has 2 rings (SSSR count). The van der Waals surface area contributed by atoms with Crippen molar-refractivity contribution in [2.45, 2.75) is 6.61 Å². The summed E-state index contributed by atoms with van der Waals surface area (Å²) in [6, 6.07) is 6.29. The van der Waals surface area contributed by atoms with Crippen molar-refractivity contribution in [1.29, 1.82) is 0 Å². The maximum Gasteiger partial charge on any atom is 0.387 e. The predicted octanol–water partition coefficient (Wildman–Crippen LogP) is 2.29. The third-order valence-corrected chi connectivity index (χ3v) is 2.89. The number of amides is 1. The summed E-state index contributed by atoms with van der Waals surface area (Å²) in [7, 11) is 1.41. The van der Waals surface area contributed by atoms with Gasteiger partial charge in [-0.25, -0.2) is 4.68 Å². The third kappa shape index (κ3) is 3.79. The van der Waals surface area contributed by atoms with Crippen LogP contribution >= 0.6 is 11.6 Å². The van der Waals surface area contributed by atoms with Crippen LogP contribution in [0, 0.1) is 0 Å². The van der Waals surface area contributed by atoms with Gasteiger partial charge in [0.2, 0.25) is 0 Å². The summed E-state index contributed by atoms with van der Waals surface area (Å²) in [5.74, 6) is -0.774. The van der Waals surface area contributed by atoms with Gasteiger partial charge in [-0.15, -0.1) is 0 Å². The number of hydrogen-bond donors (Lipinski definition) is 1. The van der Waals surface area contributed by atoms with Crippen LogP contribution in [-0.2, 0) is 7.05 Å². The first-order valence-corrected chi connectivity index (χ1v) is 6.34. The van der Waals surface area contributed by atoms with Crippen LogP contribution in [0.4, 0.5) is 14.5 Å². The van der Waals surface area contributed by atoms with Crippen molar-refractivity contribution in [2.75, 3.05) is 5.32 Å². The fourth-order valence-corrected chi connectivity index (χ4v) is 1.81. The third-order valence-electron chi connectivity index (χ3n) is 2.60. The smallest absolute Gasteiger partial charge is 0.387 e. The number of carbonyl (C=O) groups excluding carboxylic acids is 1. The molecule has 116 valence electrons. The Bertz CT molecular complexity index is 764. The van der Waals surface area contributed by atoms with Crippen LogP contribution in [0.5, 0.6) is 5.75 Å². The van der Waals surface area contributed by atoms with Gasteiger partial charge in [-0.05, 0) is 24.3 Å². The molecule has 0 aliphatic rings. The molecule has 0 radical (unpaired) electrons. The number of aryl methyl sites for hydroxylation is 1. The van der Waals surface area contributed by atoms with E-state index in [2.05, 4.69) is 15.2 Å². The molecule has 2 aromatic rings. The number of rotatable bonds is 4. The normalized spacial score (nSPS) is 10.6. The SMILES string of the molecule is Cn1nc(C(=O)Nc2ccc(OC(F)F)c(Cl)c2)ccc1=O. The van der Waals surface area contributed by atoms with Crippen molar-refractivity contribution in [3.05, 3.63) is 51.4 Å². The predicted molar refractivity (Wildman–Crippen MR) is 75.5 cm³/mol.